The number of benzene rings is 1. The number of aryl methyl sites for hydroxylation is 1. The van der Waals surface area contributed by atoms with E-state index in [0.29, 0.717) is 11.4 Å². The third kappa shape index (κ3) is 2.51. The van der Waals surface area contributed by atoms with Gasteiger partial charge in [-0.3, -0.25) is 9.89 Å². The zero-order valence-corrected chi connectivity index (χ0v) is 10.4. The monoisotopic (exact) mass is 244 g/mol. The van der Waals surface area contributed by atoms with E-state index in [2.05, 4.69) is 15.5 Å². The molecule has 0 aliphatic rings. The molecule has 2 rings (SSSR count). The maximum Gasteiger partial charge on any atom is 0.271 e. The first kappa shape index (κ1) is 12.2. The van der Waals surface area contributed by atoms with Crippen molar-refractivity contribution in [1.82, 2.24) is 15.5 Å². The van der Waals surface area contributed by atoms with Gasteiger partial charge in [0.1, 0.15) is 5.69 Å². The number of nitrogens with zero attached hydrogens (tertiary/aromatic N) is 1. The van der Waals surface area contributed by atoms with Gasteiger partial charge in [0, 0.05) is 0 Å². The van der Waals surface area contributed by atoms with Gasteiger partial charge in [-0.25, -0.2) is 0 Å². The molecule has 0 fully saturated rings. The number of nitrogen functional groups attached to an aromatic ring is 1. The van der Waals surface area contributed by atoms with E-state index in [1.165, 1.54) is 11.8 Å². The summed E-state index contributed by atoms with van der Waals surface area (Å²) in [7, 11) is 0. The highest BCUT2D eigenvalue weighted by Crippen LogP contribution is 2.14. The number of carbonyl (C=O) groups excluding carboxylic acids is 1. The van der Waals surface area contributed by atoms with Gasteiger partial charge in [-0.1, -0.05) is 29.8 Å². The maximum atomic E-state index is 11.9. The normalized spacial score (nSPS) is 12.1. The van der Waals surface area contributed by atoms with Gasteiger partial charge in [0.05, 0.1) is 17.9 Å². The maximum absolute atomic E-state index is 11.9. The molecular formula is C13H16N4O. The molecule has 1 aromatic carbocycles. The Hall–Kier alpha value is -2.30. The second-order valence-corrected chi connectivity index (χ2v) is 4.31. The molecule has 0 spiro atoms. The van der Waals surface area contributed by atoms with E-state index in [1.807, 2.05) is 38.1 Å². The number of carbonyl (C=O) groups is 1. The molecule has 18 heavy (non-hydrogen) atoms. The summed E-state index contributed by atoms with van der Waals surface area (Å²) in [5, 5.41) is 9.18. The topological polar surface area (TPSA) is 83.8 Å². The molecule has 4 N–H and O–H groups in total. The van der Waals surface area contributed by atoms with Gasteiger partial charge in [-0.15, -0.1) is 0 Å². The molecule has 0 saturated heterocycles. The smallest absolute Gasteiger partial charge is 0.271 e. The summed E-state index contributed by atoms with van der Waals surface area (Å²) in [5.41, 5.74) is 8.51. The first-order valence-electron chi connectivity index (χ1n) is 5.74. The van der Waals surface area contributed by atoms with Crippen molar-refractivity contribution in [3.63, 3.8) is 0 Å². The molecule has 0 bridgehead atoms. The van der Waals surface area contributed by atoms with E-state index in [0.717, 1.165) is 5.56 Å². The highest BCUT2D eigenvalue weighted by atomic mass is 16.2. The van der Waals surface area contributed by atoms with Gasteiger partial charge >= 0.3 is 0 Å². The Labute approximate surface area is 105 Å². The molecule has 0 aliphatic carbocycles. The molecule has 0 aliphatic heterocycles. The molecule has 1 heterocycles. The molecule has 1 atom stereocenters. The van der Waals surface area contributed by atoms with E-state index in [4.69, 9.17) is 5.73 Å². The lowest BCUT2D eigenvalue weighted by molar-refractivity contribution is 0.0935. The molecule has 2 aromatic rings. The Kier molecular flexibility index (Phi) is 3.32. The fourth-order valence-electron chi connectivity index (χ4n) is 1.68. The van der Waals surface area contributed by atoms with E-state index < -0.39 is 0 Å². The second-order valence-electron chi connectivity index (χ2n) is 4.31. The summed E-state index contributed by atoms with van der Waals surface area (Å²) >= 11 is 0. The van der Waals surface area contributed by atoms with Crippen LogP contribution in [0.25, 0.3) is 0 Å². The van der Waals surface area contributed by atoms with Crippen molar-refractivity contribution in [1.29, 1.82) is 0 Å². The van der Waals surface area contributed by atoms with Crippen LogP contribution in [-0.2, 0) is 0 Å². The lowest BCUT2D eigenvalue weighted by atomic mass is 10.1. The molecular weight excluding hydrogens is 228 g/mol. The van der Waals surface area contributed by atoms with Crippen LogP contribution in [0.2, 0.25) is 0 Å². The van der Waals surface area contributed by atoms with Crippen LogP contribution in [0.1, 0.15) is 34.6 Å². The van der Waals surface area contributed by atoms with Crippen LogP contribution in [0.15, 0.2) is 30.5 Å². The number of H-pyrrole nitrogens is 1. The summed E-state index contributed by atoms with van der Waals surface area (Å²) in [6.45, 7) is 3.95. The third-order valence-electron chi connectivity index (χ3n) is 2.82. The molecule has 5 nitrogen and oxygen atoms in total. The minimum Gasteiger partial charge on any atom is -0.396 e. The van der Waals surface area contributed by atoms with Crippen molar-refractivity contribution in [3.8, 4) is 0 Å². The zero-order chi connectivity index (χ0) is 13.1. The highest BCUT2D eigenvalue weighted by Gasteiger charge is 2.15. The fraction of sp³-hybridized carbons (Fsp3) is 0.231. The Morgan fingerprint density at radius 2 is 2.06 bits per heavy atom. The number of hydrogen-bond donors (Lipinski definition) is 3. The first-order chi connectivity index (χ1) is 8.58. The largest absolute Gasteiger partial charge is 0.396 e. The standard InChI is InChI=1S/C13H16N4O/c1-8-3-5-10(6-4-8)9(2)16-13(18)12-11(14)7-15-17-12/h3-7,9H,14H2,1-2H3,(H,15,17)(H,16,18). The molecule has 1 amide bonds. The Morgan fingerprint density at radius 1 is 1.39 bits per heavy atom. The summed E-state index contributed by atoms with van der Waals surface area (Å²) in [5.74, 6) is -0.252. The van der Waals surface area contributed by atoms with Crippen LogP contribution in [0.5, 0.6) is 0 Å². The average Bonchev–Trinajstić information content (AvgIpc) is 2.76. The number of aromatic amines is 1. The van der Waals surface area contributed by atoms with E-state index in [1.54, 1.807) is 0 Å². The third-order valence-corrected chi connectivity index (χ3v) is 2.82. The minimum absolute atomic E-state index is 0.0826. The summed E-state index contributed by atoms with van der Waals surface area (Å²) in [6.07, 6.45) is 1.42. The van der Waals surface area contributed by atoms with Crippen LogP contribution < -0.4 is 11.1 Å². The van der Waals surface area contributed by atoms with Crippen molar-refractivity contribution < 1.29 is 4.79 Å². The van der Waals surface area contributed by atoms with E-state index in [9.17, 15) is 4.79 Å². The second kappa shape index (κ2) is 4.91. The minimum atomic E-state index is -0.252. The van der Waals surface area contributed by atoms with Crippen LogP contribution in [0.3, 0.4) is 0 Å². The highest BCUT2D eigenvalue weighted by molar-refractivity contribution is 5.97. The van der Waals surface area contributed by atoms with E-state index >= 15 is 0 Å². The van der Waals surface area contributed by atoms with Crippen molar-refractivity contribution in [2.45, 2.75) is 19.9 Å². The van der Waals surface area contributed by atoms with Crippen molar-refractivity contribution in [2.75, 3.05) is 5.73 Å². The predicted octanol–water partition coefficient (Wildman–Crippen LogP) is 1.79. The molecule has 1 unspecified atom stereocenters. The Bertz CT molecular complexity index is 544. The fourth-order valence-corrected chi connectivity index (χ4v) is 1.68. The summed E-state index contributed by atoms with van der Waals surface area (Å²) in [4.78, 5) is 11.9. The van der Waals surface area contributed by atoms with Crippen molar-refractivity contribution in [2.24, 2.45) is 0 Å². The molecule has 5 heteroatoms. The lowest BCUT2D eigenvalue weighted by Crippen LogP contribution is -2.27. The van der Waals surface area contributed by atoms with Gasteiger partial charge in [0.15, 0.2) is 0 Å². The van der Waals surface area contributed by atoms with Crippen LogP contribution in [0, 0.1) is 6.92 Å². The quantitative estimate of drug-likeness (QED) is 0.769. The van der Waals surface area contributed by atoms with Gasteiger partial charge in [-0.05, 0) is 19.4 Å². The van der Waals surface area contributed by atoms with Gasteiger partial charge in [0.2, 0.25) is 0 Å². The molecule has 0 saturated carbocycles. The van der Waals surface area contributed by atoms with Crippen molar-refractivity contribution in [3.05, 3.63) is 47.3 Å². The van der Waals surface area contributed by atoms with Gasteiger partial charge in [-0.2, -0.15) is 5.10 Å². The Balaban J connectivity index is 2.08. The number of aromatic nitrogens is 2. The van der Waals surface area contributed by atoms with Crippen LogP contribution >= 0.6 is 0 Å². The zero-order valence-electron chi connectivity index (χ0n) is 10.4. The first-order valence-corrected chi connectivity index (χ1v) is 5.74. The number of anilines is 1. The lowest BCUT2D eigenvalue weighted by Gasteiger charge is -2.14. The number of amides is 1. The summed E-state index contributed by atoms with van der Waals surface area (Å²) in [6, 6.07) is 7.94. The number of nitrogens with two attached hydrogens (primary N) is 1. The average molecular weight is 244 g/mol. The SMILES string of the molecule is Cc1ccc(C(C)NC(=O)c2[nH]ncc2N)cc1. The molecule has 0 radical (unpaired) electrons. The number of hydrogen-bond acceptors (Lipinski definition) is 3. The van der Waals surface area contributed by atoms with Gasteiger partial charge < -0.3 is 11.1 Å². The molecule has 1 aromatic heterocycles. The van der Waals surface area contributed by atoms with Crippen LogP contribution in [0.4, 0.5) is 5.69 Å². The van der Waals surface area contributed by atoms with Crippen LogP contribution in [-0.4, -0.2) is 16.1 Å². The van der Waals surface area contributed by atoms with Crippen molar-refractivity contribution >= 4 is 11.6 Å². The van der Waals surface area contributed by atoms with Gasteiger partial charge in [0.25, 0.3) is 5.91 Å². The number of nitrogens with one attached hydrogen (secondary N) is 2. The summed E-state index contributed by atoms with van der Waals surface area (Å²) < 4.78 is 0. The predicted molar refractivity (Wildman–Crippen MR) is 70.1 cm³/mol. The Morgan fingerprint density at radius 3 is 2.61 bits per heavy atom. The number of rotatable bonds is 3. The van der Waals surface area contributed by atoms with E-state index in [-0.39, 0.29) is 11.9 Å². The molecule has 94 valence electrons.